The Morgan fingerprint density at radius 1 is 1.71 bits per heavy atom. The second-order valence-electron chi connectivity index (χ2n) is 1.17. The minimum absolute atomic E-state index is 0. The molecule has 0 saturated heterocycles. The molecule has 1 heterocycles. The summed E-state index contributed by atoms with van der Waals surface area (Å²) in [7, 11) is 0. The van der Waals surface area contributed by atoms with Crippen LogP contribution in [0.4, 0.5) is 0 Å². The molecule has 0 aliphatic carbocycles. The van der Waals surface area contributed by atoms with Crippen molar-refractivity contribution >= 4 is 0 Å². The van der Waals surface area contributed by atoms with E-state index in [4.69, 9.17) is 0 Å². The smallest absolute Gasteiger partial charge is 0.0128 e. The van der Waals surface area contributed by atoms with E-state index in [0.717, 1.165) is 5.69 Å². The molecule has 1 radical (unpaired) electrons. The fourth-order valence-corrected chi connectivity index (χ4v) is 0.299. The van der Waals surface area contributed by atoms with Gasteiger partial charge in [0.2, 0.25) is 0 Å². The van der Waals surface area contributed by atoms with Crippen LogP contribution < -0.4 is 5.10 Å². The summed E-state index contributed by atoms with van der Waals surface area (Å²) in [6, 6.07) is 1.86. The first-order valence-electron chi connectivity index (χ1n) is 1.80. The molecule has 0 saturated carbocycles. The third-order valence-electron chi connectivity index (χ3n) is 0.598. The average molecular weight is 170 g/mol. The van der Waals surface area contributed by atoms with Gasteiger partial charge < -0.3 is 10.2 Å². The SMILES string of the molecule is Cc1cc[n-]n1.[Y]. The van der Waals surface area contributed by atoms with Crippen molar-refractivity contribution in [1.29, 1.82) is 0 Å². The van der Waals surface area contributed by atoms with E-state index < -0.39 is 0 Å². The van der Waals surface area contributed by atoms with Gasteiger partial charge in [-0.3, -0.25) is 0 Å². The predicted molar refractivity (Wildman–Crippen MR) is 22.3 cm³/mol. The summed E-state index contributed by atoms with van der Waals surface area (Å²) in [4.78, 5) is 0. The largest absolute Gasteiger partial charge is 0.582 e. The van der Waals surface area contributed by atoms with Crippen LogP contribution in [0.5, 0.6) is 0 Å². The van der Waals surface area contributed by atoms with Gasteiger partial charge in [-0.15, -0.1) is 0 Å². The standard InChI is InChI=1S/C4H5N2.Y/c1-4-2-3-5-6-4;/h2-3H,1H3;/q-1;. The van der Waals surface area contributed by atoms with Crippen LogP contribution in [0.3, 0.4) is 0 Å². The molecule has 3 heteroatoms. The van der Waals surface area contributed by atoms with E-state index in [1.54, 1.807) is 6.20 Å². The summed E-state index contributed by atoms with van der Waals surface area (Å²) in [5, 5.41) is 7.24. The van der Waals surface area contributed by atoms with Gasteiger partial charge in [0.1, 0.15) is 0 Å². The summed E-state index contributed by atoms with van der Waals surface area (Å²) < 4.78 is 0. The van der Waals surface area contributed by atoms with Crippen molar-refractivity contribution in [1.82, 2.24) is 10.2 Å². The van der Waals surface area contributed by atoms with Gasteiger partial charge in [-0.05, 0) is 6.92 Å². The fourth-order valence-electron chi connectivity index (χ4n) is 0.299. The van der Waals surface area contributed by atoms with Crippen molar-refractivity contribution < 1.29 is 32.7 Å². The first-order valence-corrected chi connectivity index (χ1v) is 1.80. The predicted octanol–water partition coefficient (Wildman–Crippen LogP) is 0.345. The molecule has 0 amide bonds. The van der Waals surface area contributed by atoms with E-state index in [0.29, 0.717) is 0 Å². The van der Waals surface area contributed by atoms with Gasteiger partial charge in [-0.25, -0.2) is 0 Å². The summed E-state index contributed by atoms with van der Waals surface area (Å²) in [6.07, 6.45) is 1.68. The van der Waals surface area contributed by atoms with Crippen LogP contribution in [0.25, 0.3) is 0 Å². The molecule has 0 N–H and O–H groups in total. The van der Waals surface area contributed by atoms with Gasteiger partial charge in [0, 0.05) is 38.4 Å². The average Bonchev–Trinajstić information content (AvgIpc) is 1.86. The fraction of sp³-hybridized carbons (Fsp3) is 0.250. The number of hydrogen-bond donors (Lipinski definition) is 0. The van der Waals surface area contributed by atoms with E-state index >= 15 is 0 Å². The normalized spacial score (nSPS) is 7.57. The van der Waals surface area contributed by atoms with Crippen LogP contribution in [0.15, 0.2) is 12.3 Å². The molecule has 35 valence electrons. The van der Waals surface area contributed by atoms with Gasteiger partial charge in [0.05, 0.1) is 0 Å². The van der Waals surface area contributed by atoms with Gasteiger partial charge in [0.15, 0.2) is 0 Å². The number of aromatic nitrogens is 2. The Bertz CT molecular complexity index is 113. The minimum Gasteiger partial charge on any atom is -0.582 e. The number of rotatable bonds is 0. The molecule has 0 fully saturated rings. The third kappa shape index (κ3) is 2.20. The zero-order valence-electron chi connectivity index (χ0n) is 4.13. The van der Waals surface area contributed by atoms with Gasteiger partial charge in [0.25, 0.3) is 0 Å². The second kappa shape index (κ2) is 3.33. The Hall–Kier alpha value is 0.314. The van der Waals surface area contributed by atoms with E-state index in [1.165, 1.54) is 0 Å². The number of hydrogen-bond acceptors (Lipinski definition) is 1. The minimum atomic E-state index is 0. The Labute approximate surface area is 67.6 Å². The molecule has 2 nitrogen and oxygen atoms in total. The summed E-state index contributed by atoms with van der Waals surface area (Å²) >= 11 is 0. The summed E-state index contributed by atoms with van der Waals surface area (Å²) in [6.45, 7) is 1.91. The van der Waals surface area contributed by atoms with Gasteiger partial charge >= 0.3 is 0 Å². The Balaban J connectivity index is 0.000000360. The van der Waals surface area contributed by atoms with Gasteiger partial charge in [-0.2, -0.15) is 6.20 Å². The van der Waals surface area contributed by atoms with Gasteiger partial charge in [-0.1, -0.05) is 6.07 Å². The Morgan fingerprint density at radius 3 is 2.57 bits per heavy atom. The maximum Gasteiger partial charge on any atom is 0.0128 e. The Morgan fingerprint density at radius 2 is 2.43 bits per heavy atom. The summed E-state index contributed by atoms with van der Waals surface area (Å²) in [5.74, 6) is 0. The van der Waals surface area contributed by atoms with Crippen LogP contribution in [-0.4, -0.2) is 5.10 Å². The Kier molecular flexibility index (Phi) is 3.48. The van der Waals surface area contributed by atoms with E-state index in [2.05, 4.69) is 10.2 Å². The zero-order valence-corrected chi connectivity index (χ0v) is 6.96. The van der Waals surface area contributed by atoms with Crippen molar-refractivity contribution in [2.75, 3.05) is 0 Å². The van der Waals surface area contributed by atoms with Crippen molar-refractivity contribution in [3.05, 3.63) is 18.0 Å². The van der Waals surface area contributed by atoms with Crippen LogP contribution >= 0.6 is 0 Å². The molecule has 0 bridgehead atoms. The van der Waals surface area contributed by atoms with Crippen molar-refractivity contribution in [3.8, 4) is 0 Å². The quantitative estimate of drug-likeness (QED) is 0.561. The van der Waals surface area contributed by atoms with Crippen molar-refractivity contribution in [2.45, 2.75) is 6.92 Å². The van der Waals surface area contributed by atoms with Crippen LogP contribution in [-0.2, 0) is 32.7 Å². The molecule has 1 aromatic heterocycles. The van der Waals surface area contributed by atoms with Crippen LogP contribution in [0.2, 0.25) is 0 Å². The maximum atomic E-state index is 3.67. The molecule has 7 heavy (non-hydrogen) atoms. The van der Waals surface area contributed by atoms with E-state index in [9.17, 15) is 0 Å². The molecule has 0 spiro atoms. The first-order chi connectivity index (χ1) is 2.89. The van der Waals surface area contributed by atoms with Crippen LogP contribution in [0.1, 0.15) is 5.69 Å². The summed E-state index contributed by atoms with van der Waals surface area (Å²) in [5.41, 5.74) is 0.981. The van der Waals surface area contributed by atoms with E-state index in [1.807, 2.05) is 13.0 Å². The molecule has 0 aliphatic rings. The molecule has 0 unspecified atom stereocenters. The maximum absolute atomic E-state index is 3.67. The topological polar surface area (TPSA) is 27.0 Å². The van der Waals surface area contributed by atoms with Crippen molar-refractivity contribution in [3.63, 3.8) is 0 Å². The molecule has 0 atom stereocenters. The third-order valence-corrected chi connectivity index (χ3v) is 0.598. The monoisotopic (exact) mass is 170 g/mol. The molecule has 1 aromatic rings. The second-order valence-corrected chi connectivity index (χ2v) is 1.17. The molecule has 1 rings (SSSR count). The first kappa shape index (κ1) is 7.31. The zero-order chi connectivity index (χ0) is 4.41. The van der Waals surface area contributed by atoms with Crippen LogP contribution in [0, 0.1) is 6.92 Å². The number of nitrogens with zero attached hydrogens (tertiary/aromatic N) is 2. The number of aryl methyl sites for hydroxylation is 1. The molecule has 0 aliphatic heterocycles. The van der Waals surface area contributed by atoms with E-state index in [-0.39, 0.29) is 32.7 Å². The molecular weight excluding hydrogens is 165 g/mol. The molecular formula is C4H5N2Y-. The van der Waals surface area contributed by atoms with Crippen molar-refractivity contribution in [2.24, 2.45) is 0 Å². The molecule has 0 aromatic carbocycles.